The highest BCUT2D eigenvalue weighted by Crippen LogP contribution is 2.56. The second kappa shape index (κ2) is 12.6. The molecule has 2 unspecified atom stereocenters. The molecule has 38 heavy (non-hydrogen) atoms. The number of benzene rings is 4. The lowest BCUT2D eigenvalue weighted by atomic mass is 10.2. The Bertz CT molecular complexity index is 1390. The fourth-order valence-electron chi connectivity index (χ4n) is 4.60. The molecule has 0 aliphatic carbocycles. The summed E-state index contributed by atoms with van der Waals surface area (Å²) in [5.74, 6) is 1.34. The van der Waals surface area contributed by atoms with Crippen LogP contribution in [0.1, 0.15) is 11.1 Å². The summed E-state index contributed by atoms with van der Waals surface area (Å²) >= 11 is 12.7. The van der Waals surface area contributed by atoms with E-state index in [9.17, 15) is 9.13 Å². The lowest BCUT2D eigenvalue weighted by Gasteiger charge is -2.25. The van der Waals surface area contributed by atoms with Crippen molar-refractivity contribution in [3.63, 3.8) is 0 Å². The van der Waals surface area contributed by atoms with Crippen molar-refractivity contribution < 1.29 is 18.6 Å². The molecule has 0 N–H and O–H groups in total. The van der Waals surface area contributed by atoms with Crippen LogP contribution in [0, 0.1) is 0 Å². The Labute approximate surface area is 234 Å². The molecule has 0 radical (unpaired) electrons. The molecular weight excluding hydrogens is 557 g/mol. The lowest BCUT2D eigenvalue weighted by Crippen LogP contribution is -2.17. The minimum Gasteiger partial charge on any atom is -0.496 e. The number of halogens is 2. The topological polar surface area (TPSA) is 52.6 Å². The van der Waals surface area contributed by atoms with E-state index < -0.39 is 14.3 Å². The molecule has 0 aliphatic rings. The highest BCUT2D eigenvalue weighted by molar-refractivity contribution is 7.74. The molecule has 0 amide bonds. The Morgan fingerprint density at radius 3 is 1.34 bits per heavy atom. The highest BCUT2D eigenvalue weighted by Gasteiger charge is 2.33. The average molecular weight is 587 g/mol. The quantitative estimate of drug-likeness (QED) is 0.167. The van der Waals surface area contributed by atoms with E-state index >= 15 is 0 Å². The molecule has 0 saturated carbocycles. The maximum Gasteiger partial charge on any atom is 0.122 e. The van der Waals surface area contributed by atoms with Crippen LogP contribution in [0.3, 0.4) is 0 Å². The van der Waals surface area contributed by atoms with Crippen molar-refractivity contribution in [1.82, 2.24) is 0 Å². The zero-order chi connectivity index (χ0) is 27.2. The molecule has 0 fully saturated rings. The Balaban J connectivity index is 1.76. The highest BCUT2D eigenvalue weighted by atomic mass is 35.5. The van der Waals surface area contributed by atoms with Gasteiger partial charge in [-0.1, -0.05) is 83.9 Å². The zero-order valence-corrected chi connectivity index (χ0v) is 24.7. The standard InChI is InChI=1S/C30H30Cl2O4P2/c1-35-29-15-5-3-9-23(29)21-37(33,27-13-7-11-25(31)19-27)17-18-38(34,28-14-8-12-26(32)20-28)22-24-10-4-6-16-30(24)36-2/h3-16,19-20H,17-18,21-22H2,1-2H3. The van der Waals surface area contributed by atoms with Gasteiger partial charge in [-0.3, -0.25) is 0 Å². The van der Waals surface area contributed by atoms with Crippen molar-refractivity contribution >= 4 is 48.1 Å². The molecule has 4 nitrogen and oxygen atoms in total. The molecule has 4 aromatic carbocycles. The van der Waals surface area contributed by atoms with Gasteiger partial charge in [-0.05, 0) is 36.4 Å². The molecule has 4 aromatic rings. The fraction of sp³-hybridized carbons (Fsp3) is 0.200. The van der Waals surface area contributed by atoms with Gasteiger partial charge in [0.25, 0.3) is 0 Å². The number of hydrogen-bond acceptors (Lipinski definition) is 4. The molecule has 4 rings (SSSR count). The van der Waals surface area contributed by atoms with Crippen LogP contribution in [0.5, 0.6) is 11.5 Å². The lowest BCUT2D eigenvalue weighted by molar-refractivity contribution is 0.411. The van der Waals surface area contributed by atoms with Gasteiger partial charge in [-0.25, -0.2) is 0 Å². The van der Waals surface area contributed by atoms with Crippen molar-refractivity contribution in [3.8, 4) is 11.5 Å². The van der Waals surface area contributed by atoms with E-state index in [2.05, 4.69) is 0 Å². The fourth-order valence-corrected chi connectivity index (χ4v) is 12.0. The molecule has 2 atom stereocenters. The second-order valence-electron chi connectivity index (χ2n) is 9.13. The van der Waals surface area contributed by atoms with Crippen LogP contribution in [0.2, 0.25) is 10.0 Å². The minimum atomic E-state index is -3.11. The third-order valence-corrected chi connectivity index (χ3v) is 13.5. The molecule has 0 aromatic heterocycles. The van der Waals surface area contributed by atoms with Crippen LogP contribution in [0.15, 0.2) is 97.1 Å². The predicted octanol–water partition coefficient (Wildman–Crippen LogP) is 8.09. The smallest absolute Gasteiger partial charge is 0.122 e. The molecule has 8 heteroatoms. The summed E-state index contributed by atoms with van der Waals surface area (Å²) < 4.78 is 40.8. The third-order valence-electron chi connectivity index (χ3n) is 6.62. The number of hydrogen-bond donors (Lipinski definition) is 0. The van der Waals surface area contributed by atoms with E-state index in [-0.39, 0.29) is 24.6 Å². The van der Waals surface area contributed by atoms with Crippen molar-refractivity contribution in [3.05, 3.63) is 118 Å². The number of para-hydroxylation sites is 2. The summed E-state index contributed by atoms with van der Waals surface area (Å²) in [7, 11) is -3.03. The molecule has 0 aliphatic heterocycles. The monoisotopic (exact) mass is 586 g/mol. The summed E-state index contributed by atoms with van der Waals surface area (Å²) in [6.45, 7) is 0. The van der Waals surface area contributed by atoms with Gasteiger partial charge in [-0.15, -0.1) is 0 Å². The SMILES string of the molecule is COc1ccccc1CP(=O)(CCP(=O)(Cc1ccccc1OC)c1cccc(Cl)c1)c1cccc(Cl)c1. The van der Waals surface area contributed by atoms with Crippen LogP contribution in [-0.4, -0.2) is 26.5 Å². The van der Waals surface area contributed by atoms with Gasteiger partial charge in [0.2, 0.25) is 0 Å². The van der Waals surface area contributed by atoms with Crippen molar-refractivity contribution in [2.75, 3.05) is 26.5 Å². The van der Waals surface area contributed by atoms with Crippen LogP contribution in [0.25, 0.3) is 0 Å². The largest absolute Gasteiger partial charge is 0.496 e. The summed E-state index contributed by atoms with van der Waals surface area (Å²) in [6.07, 6.45) is 0.984. The first-order valence-corrected chi connectivity index (χ1v) is 17.1. The second-order valence-corrected chi connectivity index (χ2v) is 16.1. The Kier molecular flexibility index (Phi) is 9.45. The Hall–Kier alpha value is -2.48. The van der Waals surface area contributed by atoms with Gasteiger partial charge in [0.1, 0.15) is 25.8 Å². The van der Waals surface area contributed by atoms with Gasteiger partial charge < -0.3 is 18.6 Å². The molecule has 0 heterocycles. The molecular formula is C30H30Cl2O4P2. The molecule has 0 bridgehead atoms. The van der Waals surface area contributed by atoms with Crippen LogP contribution in [0.4, 0.5) is 0 Å². The first-order valence-electron chi connectivity index (χ1n) is 12.2. The van der Waals surface area contributed by atoms with Crippen LogP contribution in [-0.2, 0) is 21.5 Å². The number of ether oxygens (including phenoxy) is 2. The van der Waals surface area contributed by atoms with Gasteiger partial charge in [0.15, 0.2) is 0 Å². The maximum absolute atomic E-state index is 14.8. The van der Waals surface area contributed by atoms with Gasteiger partial charge in [-0.2, -0.15) is 0 Å². The summed E-state index contributed by atoms with van der Waals surface area (Å²) in [6, 6.07) is 29.4. The average Bonchev–Trinajstić information content (AvgIpc) is 2.92. The van der Waals surface area contributed by atoms with Crippen LogP contribution < -0.4 is 20.1 Å². The van der Waals surface area contributed by atoms with Gasteiger partial charge >= 0.3 is 0 Å². The van der Waals surface area contributed by atoms with E-state index in [1.54, 1.807) is 50.6 Å². The summed E-state index contributed by atoms with van der Waals surface area (Å²) in [5, 5.41) is 2.33. The number of rotatable bonds is 11. The summed E-state index contributed by atoms with van der Waals surface area (Å²) in [4.78, 5) is 0. The van der Waals surface area contributed by atoms with Crippen molar-refractivity contribution in [2.45, 2.75) is 12.3 Å². The Morgan fingerprint density at radius 2 is 0.974 bits per heavy atom. The Morgan fingerprint density at radius 1 is 0.579 bits per heavy atom. The predicted molar refractivity (Wildman–Crippen MR) is 161 cm³/mol. The first kappa shape index (κ1) is 28.5. The van der Waals surface area contributed by atoms with E-state index in [4.69, 9.17) is 32.7 Å². The van der Waals surface area contributed by atoms with E-state index in [0.29, 0.717) is 32.2 Å². The first-order chi connectivity index (χ1) is 18.3. The van der Waals surface area contributed by atoms with Crippen molar-refractivity contribution in [1.29, 1.82) is 0 Å². The van der Waals surface area contributed by atoms with Crippen LogP contribution >= 0.6 is 37.5 Å². The van der Waals surface area contributed by atoms with Gasteiger partial charge in [0.05, 0.1) is 14.2 Å². The summed E-state index contributed by atoms with van der Waals surface area (Å²) in [5.41, 5.74) is 1.67. The van der Waals surface area contributed by atoms with E-state index in [1.807, 2.05) is 60.7 Å². The molecule has 198 valence electrons. The van der Waals surface area contributed by atoms with Gasteiger partial charge in [0, 0.05) is 56.4 Å². The van der Waals surface area contributed by atoms with E-state index in [1.165, 1.54) is 0 Å². The third kappa shape index (κ3) is 6.74. The van der Waals surface area contributed by atoms with Crippen molar-refractivity contribution in [2.24, 2.45) is 0 Å². The maximum atomic E-state index is 14.8. The normalized spacial score (nSPS) is 14.3. The minimum absolute atomic E-state index is 0.227. The zero-order valence-electron chi connectivity index (χ0n) is 21.3. The molecule has 0 spiro atoms. The molecule has 0 saturated heterocycles. The number of methoxy groups -OCH3 is 2. The van der Waals surface area contributed by atoms with E-state index in [0.717, 1.165) is 11.1 Å².